The molecule has 2 saturated heterocycles. The van der Waals surface area contributed by atoms with Crippen molar-refractivity contribution in [2.45, 2.75) is 18.9 Å². The smallest absolute Gasteiger partial charge is 0.261 e. The second kappa shape index (κ2) is 9.80. The number of furan rings is 1. The third-order valence-electron chi connectivity index (χ3n) is 6.20. The van der Waals surface area contributed by atoms with E-state index >= 15 is 0 Å². The number of hydrogen-bond acceptors (Lipinski definition) is 6. The van der Waals surface area contributed by atoms with Gasteiger partial charge in [-0.3, -0.25) is 9.59 Å². The predicted molar refractivity (Wildman–Crippen MR) is 128 cm³/mol. The molecule has 2 fully saturated rings. The van der Waals surface area contributed by atoms with Crippen LogP contribution in [0, 0.1) is 0 Å². The highest BCUT2D eigenvalue weighted by Gasteiger charge is 2.27. The Hall–Kier alpha value is -3.10. The van der Waals surface area contributed by atoms with E-state index in [1.807, 2.05) is 29.2 Å². The Morgan fingerprint density at radius 2 is 1.76 bits per heavy atom. The molecule has 0 bridgehead atoms. The number of nitrogens with zero attached hydrogens (tertiary/aromatic N) is 2. The minimum atomic E-state index is -0.0451. The van der Waals surface area contributed by atoms with E-state index in [2.05, 4.69) is 22.3 Å². The number of anilines is 1. The topological polar surface area (TPSA) is 75.0 Å². The number of piperidine rings is 1. The van der Waals surface area contributed by atoms with E-state index in [-0.39, 0.29) is 17.9 Å². The molecule has 0 aliphatic carbocycles. The summed E-state index contributed by atoms with van der Waals surface area (Å²) >= 11 is 1.54. The molecule has 2 aliphatic rings. The number of likely N-dealkylation sites (tertiary alicyclic amines) is 1. The molecule has 8 heteroatoms. The Morgan fingerprint density at radius 3 is 2.45 bits per heavy atom. The SMILES string of the molecule is O=C(NC1CCN(C(=O)c2ccoc2)CC1)c1cc(-c2ccccc2)c(N2CCOCC2)s1. The van der Waals surface area contributed by atoms with Gasteiger partial charge in [-0.1, -0.05) is 30.3 Å². The number of hydrogen-bond donors (Lipinski definition) is 1. The zero-order valence-electron chi connectivity index (χ0n) is 18.4. The van der Waals surface area contributed by atoms with Gasteiger partial charge < -0.3 is 24.3 Å². The average molecular weight is 466 g/mol. The number of carbonyl (C=O) groups excluding carboxylic acids is 2. The molecule has 4 heterocycles. The summed E-state index contributed by atoms with van der Waals surface area (Å²) in [6, 6.07) is 14.0. The molecule has 33 heavy (non-hydrogen) atoms. The van der Waals surface area contributed by atoms with Crippen molar-refractivity contribution in [2.24, 2.45) is 0 Å². The molecule has 7 nitrogen and oxygen atoms in total. The van der Waals surface area contributed by atoms with Gasteiger partial charge in [0.05, 0.1) is 34.9 Å². The van der Waals surface area contributed by atoms with E-state index in [0.717, 1.165) is 42.1 Å². The highest BCUT2D eigenvalue weighted by molar-refractivity contribution is 7.18. The van der Waals surface area contributed by atoms with Crippen molar-refractivity contribution in [3.05, 3.63) is 65.4 Å². The van der Waals surface area contributed by atoms with E-state index < -0.39 is 0 Å². The van der Waals surface area contributed by atoms with Gasteiger partial charge in [0.15, 0.2) is 0 Å². The number of carbonyl (C=O) groups is 2. The molecule has 1 N–H and O–H groups in total. The Bertz CT molecular complexity index is 1080. The lowest BCUT2D eigenvalue weighted by Crippen LogP contribution is -2.46. The first kappa shape index (κ1) is 21.7. The molecule has 0 atom stereocenters. The first-order valence-electron chi connectivity index (χ1n) is 11.3. The quantitative estimate of drug-likeness (QED) is 0.619. The van der Waals surface area contributed by atoms with Crippen molar-refractivity contribution in [2.75, 3.05) is 44.3 Å². The van der Waals surface area contributed by atoms with Gasteiger partial charge in [0.2, 0.25) is 0 Å². The fraction of sp³-hybridized carbons (Fsp3) is 0.360. The van der Waals surface area contributed by atoms with E-state index in [0.29, 0.717) is 36.7 Å². The lowest BCUT2D eigenvalue weighted by Gasteiger charge is -2.32. The van der Waals surface area contributed by atoms with Gasteiger partial charge in [0, 0.05) is 37.8 Å². The van der Waals surface area contributed by atoms with E-state index in [9.17, 15) is 9.59 Å². The van der Waals surface area contributed by atoms with Gasteiger partial charge in [-0.25, -0.2) is 0 Å². The second-order valence-corrected chi connectivity index (χ2v) is 9.38. The maximum atomic E-state index is 13.2. The molecule has 5 rings (SSSR count). The number of rotatable bonds is 5. The molecular formula is C25H27N3O4S. The van der Waals surface area contributed by atoms with Crippen LogP contribution in [0.3, 0.4) is 0 Å². The maximum absolute atomic E-state index is 13.2. The van der Waals surface area contributed by atoms with Crippen LogP contribution in [0.1, 0.15) is 32.9 Å². The van der Waals surface area contributed by atoms with Gasteiger partial charge in [-0.2, -0.15) is 0 Å². The lowest BCUT2D eigenvalue weighted by molar-refractivity contribution is 0.0697. The Balaban J connectivity index is 1.27. The summed E-state index contributed by atoms with van der Waals surface area (Å²) in [6.07, 6.45) is 4.46. The van der Waals surface area contributed by atoms with Crippen LogP contribution in [0.2, 0.25) is 0 Å². The molecule has 2 aromatic heterocycles. The third-order valence-corrected chi connectivity index (χ3v) is 7.40. The lowest BCUT2D eigenvalue weighted by atomic mass is 10.0. The highest BCUT2D eigenvalue weighted by atomic mass is 32.1. The van der Waals surface area contributed by atoms with E-state index in [1.54, 1.807) is 17.4 Å². The molecule has 0 saturated carbocycles. The molecule has 1 aromatic carbocycles. The van der Waals surface area contributed by atoms with Crippen LogP contribution in [0.5, 0.6) is 0 Å². The van der Waals surface area contributed by atoms with Gasteiger partial charge in [0.1, 0.15) is 6.26 Å². The second-order valence-electron chi connectivity index (χ2n) is 8.35. The largest absolute Gasteiger partial charge is 0.472 e. The molecule has 172 valence electrons. The fourth-order valence-electron chi connectivity index (χ4n) is 4.37. The van der Waals surface area contributed by atoms with Crippen molar-refractivity contribution in [3.8, 4) is 11.1 Å². The number of nitrogens with one attached hydrogen (secondary N) is 1. The number of morpholine rings is 1. The van der Waals surface area contributed by atoms with E-state index in [1.165, 1.54) is 12.5 Å². The van der Waals surface area contributed by atoms with Crippen LogP contribution in [-0.2, 0) is 4.74 Å². The van der Waals surface area contributed by atoms with E-state index in [4.69, 9.17) is 9.15 Å². The minimum Gasteiger partial charge on any atom is -0.472 e. The van der Waals surface area contributed by atoms with Crippen molar-refractivity contribution in [1.82, 2.24) is 10.2 Å². The normalized spacial score (nSPS) is 17.2. The molecule has 2 amide bonds. The van der Waals surface area contributed by atoms with Gasteiger partial charge in [-0.05, 0) is 30.5 Å². The number of benzene rings is 1. The molecule has 0 unspecified atom stereocenters. The van der Waals surface area contributed by atoms with Gasteiger partial charge in [-0.15, -0.1) is 11.3 Å². The van der Waals surface area contributed by atoms with Crippen molar-refractivity contribution in [3.63, 3.8) is 0 Å². The van der Waals surface area contributed by atoms with Crippen LogP contribution < -0.4 is 10.2 Å². The Kier molecular flexibility index (Phi) is 6.46. The molecule has 0 radical (unpaired) electrons. The minimum absolute atomic E-state index is 0.0190. The third kappa shape index (κ3) is 4.82. The molecule has 2 aliphatic heterocycles. The summed E-state index contributed by atoms with van der Waals surface area (Å²) in [5, 5.41) is 4.32. The summed E-state index contributed by atoms with van der Waals surface area (Å²) < 4.78 is 10.5. The van der Waals surface area contributed by atoms with Crippen LogP contribution in [0.4, 0.5) is 5.00 Å². The fourth-order valence-corrected chi connectivity index (χ4v) is 5.51. The van der Waals surface area contributed by atoms with Crippen LogP contribution in [0.15, 0.2) is 59.4 Å². The van der Waals surface area contributed by atoms with Gasteiger partial charge >= 0.3 is 0 Å². The zero-order chi connectivity index (χ0) is 22.6. The number of thiophene rings is 1. The summed E-state index contributed by atoms with van der Waals surface area (Å²) in [7, 11) is 0. The summed E-state index contributed by atoms with van der Waals surface area (Å²) in [6.45, 7) is 4.28. The number of ether oxygens (including phenoxy) is 1. The first-order valence-corrected chi connectivity index (χ1v) is 12.1. The van der Waals surface area contributed by atoms with Gasteiger partial charge in [0.25, 0.3) is 11.8 Å². The van der Waals surface area contributed by atoms with Crippen molar-refractivity contribution >= 4 is 28.2 Å². The predicted octanol–water partition coefficient (Wildman–Crippen LogP) is 3.88. The summed E-state index contributed by atoms with van der Waals surface area (Å²) in [4.78, 5) is 30.5. The molecule has 0 spiro atoms. The highest BCUT2D eigenvalue weighted by Crippen LogP contribution is 2.39. The van der Waals surface area contributed by atoms with Crippen LogP contribution in [0.25, 0.3) is 11.1 Å². The van der Waals surface area contributed by atoms with Crippen LogP contribution in [-0.4, -0.2) is 62.1 Å². The standard InChI is InChI=1S/C25H27N3O4S/c29-23(26-20-6-9-27(10-7-20)24(30)19-8-13-32-17-19)22-16-21(18-4-2-1-3-5-18)25(33-22)28-11-14-31-15-12-28/h1-5,8,13,16-17,20H,6-7,9-12,14-15H2,(H,26,29). The molecular weight excluding hydrogens is 438 g/mol. The zero-order valence-corrected chi connectivity index (χ0v) is 19.2. The van der Waals surface area contributed by atoms with Crippen molar-refractivity contribution in [1.29, 1.82) is 0 Å². The van der Waals surface area contributed by atoms with Crippen LogP contribution >= 0.6 is 11.3 Å². The number of amides is 2. The summed E-state index contributed by atoms with van der Waals surface area (Å²) in [5.74, 6) is -0.0641. The Morgan fingerprint density at radius 1 is 1.00 bits per heavy atom. The first-order chi connectivity index (χ1) is 16.2. The average Bonchev–Trinajstić information content (AvgIpc) is 3.56. The monoisotopic (exact) mass is 465 g/mol. The Labute approximate surface area is 196 Å². The maximum Gasteiger partial charge on any atom is 0.261 e. The van der Waals surface area contributed by atoms with Crippen molar-refractivity contribution < 1.29 is 18.7 Å². The summed E-state index contributed by atoms with van der Waals surface area (Å²) in [5.41, 5.74) is 2.77. The molecule has 3 aromatic rings.